The minimum atomic E-state index is -3.21. The minimum absolute atomic E-state index is 0.0235. The molecule has 1 aromatic carbocycles. The van der Waals surface area contributed by atoms with Gasteiger partial charge in [0.15, 0.2) is 9.84 Å². The molecule has 3 aromatic rings. The van der Waals surface area contributed by atoms with Crippen molar-refractivity contribution in [2.45, 2.75) is 38.6 Å². The van der Waals surface area contributed by atoms with Crippen molar-refractivity contribution >= 4 is 55.8 Å². The number of nitrogens with zero attached hydrogens (tertiary/aromatic N) is 3. The summed E-state index contributed by atoms with van der Waals surface area (Å²) < 4.78 is 31.7. The number of aromatic nitrogens is 2. The van der Waals surface area contributed by atoms with Gasteiger partial charge in [-0.25, -0.2) is 8.42 Å². The van der Waals surface area contributed by atoms with Crippen LogP contribution in [-0.4, -0.2) is 50.5 Å². The van der Waals surface area contributed by atoms with E-state index < -0.39 is 27.3 Å². The molecule has 0 spiro atoms. The summed E-state index contributed by atoms with van der Waals surface area (Å²) in [5, 5.41) is 0. The lowest BCUT2D eigenvalue weighted by molar-refractivity contribution is -0.123. The van der Waals surface area contributed by atoms with Gasteiger partial charge in [-0.05, 0) is 47.7 Å². The van der Waals surface area contributed by atoms with E-state index in [1.165, 1.54) is 15.4 Å². The highest BCUT2D eigenvalue weighted by Gasteiger charge is 2.42. The maximum Gasteiger partial charge on any atom is 0.269 e. The van der Waals surface area contributed by atoms with Gasteiger partial charge in [-0.1, -0.05) is 63.0 Å². The monoisotopic (exact) mass is 555 g/mol. The molecule has 1 amide bonds. The van der Waals surface area contributed by atoms with E-state index in [2.05, 4.69) is 25.8 Å². The number of thioether (sulfide) groups is 1. The van der Waals surface area contributed by atoms with Crippen LogP contribution in [-0.2, 0) is 20.0 Å². The molecule has 192 valence electrons. The summed E-state index contributed by atoms with van der Waals surface area (Å²) in [4.78, 5) is 32.9. The van der Waals surface area contributed by atoms with Crippen LogP contribution >= 0.6 is 24.0 Å². The molecule has 0 N–H and O–H groups in total. The molecule has 2 aliphatic heterocycles. The molecule has 2 aliphatic rings. The Hall–Kier alpha value is -3.02. The van der Waals surface area contributed by atoms with Gasteiger partial charge < -0.3 is 4.74 Å². The SMILES string of the molecule is CC(C)(C)c1ccc(Oc2nc3ccccn3c(=O)c2/C=C2\SC(=S)N(C3CCS(=O)(=O)C3)C2=O)cc1. The standard InChI is InChI=1S/C26H25N3O5S3/c1-26(2,3)16-7-9-18(10-8-16)34-22-19(23(30)28-12-5-4-6-21(28)27-22)14-20-24(31)29(25(35)36-20)17-11-13-37(32,33)15-17/h4-10,12,14,17H,11,13,15H2,1-3H3/b20-14-. The summed E-state index contributed by atoms with van der Waals surface area (Å²) in [6, 6.07) is 12.2. The fourth-order valence-corrected chi connectivity index (χ4v) is 7.41. The van der Waals surface area contributed by atoms with Gasteiger partial charge in [0.25, 0.3) is 11.5 Å². The zero-order valence-corrected chi connectivity index (χ0v) is 23.0. The lowest BCUT2D eigenvalue weighted by Gasteiger charge is -2.20. The number of rotatable bonds is 4. The molecule has 2 aromatic heterocycles. The molecule has 0 saturated carbocycles. The number of ether oxygens (including phenoxy) is 1. The molecule has 5 rings (SSSR count). The molecular formula is C26H25N3O5S3. The first-order valence-electron chi connectivity index (χ1n) is 11.7. The van der Waals surface area contributed by atoms with E-state index in [9.17, 15) is 18.0 Å². The number of fused-ring (bicyclic) bond motifs is 1. The lowest BCUT2D eigenvalue weighted by atomic mass is 9.87. The fraction of sp³-hybridized carbons (Fsp3) is 0.308. The molecule has 2 saturated heterocycles. The second kappa shape index (κ2) is 9.38. The predicted molar refractivity (Wildman–Crippen MR) is 149 cm³/mol. The van der Waals surface area contributed by atoms with Crippen molar-refractivity contribution in [3.63, 3.8) is 0 Å². The Bertz CT molecular complexity index is 1620. The van der Waals surface area contributed by atoms with Gasteiger partial charge in [-0.15, -0.1) is 0 Å². The van der Waals surface area contributed by atoms with E-state index >= 15 is 0 Å². The summed E-state index contributed by atoms with van der Waals surface area (Å²) in [5.41, 5.74) is 1.19. The maximum absolute atomic E-state index is 13.5. The summed E-state index contributed by atoms with van der Waals surface area (Å²) in [5.74, 6) is 0.0451. The molecule has 4 heterocycles. The number of amides is 1. The van der Waals surface area contributed by atoms with E-state index in [1.54, 1.807) is 24.4 Å². The first kappa shape index (κ1) is 25.6. The van der Waals surface area contributed by atoms with Gasteiger partial charge in [-0.3, -0.25) is 18.9 Å². The average molecular weight is 556 g/mol. The van der Waals surface area contributed by atoms with Crippen LogP contribution in [0.5, 0.6) is 11.6 Å². The second-order valence-corrected chi connectivity index (χ2v) is 14.0. The molecule has 2 fully saturated rings. The van der Waals surface area contributed by atoms with Crippen LogP contribution < -0.4 is 10.3 Å². The number of benzene rings is 1. The van der Waals surface area contributed by atoms with Crippen molar-refractivity contribution in [3.05, 3.63) is 75.0 Å². The van der Waals surface area contributed by atoms with Gasteiger partial charge in [0, 0.05) is 6.20 Å². The van der Waals surface area contributed by atoms with Crippen molar-refractivity contribution in [1.82, 2.24) is 14.3 Å². The Kier molecular flexibility index (Phi) is 6.49. The quantitative estimate of drug-likeness (QED) is 0.350. The molecule has 0 radical (unpaired) electrons. The molecule has 8 nitrogen and oxygen atoms in total. The molecule has 0 aliphatic carbocycles. The zero-order chi connectivity index (χ0) is 26.5. The smallest absolute Gasteiger partial charge is 0.269 e. The van der Waals surface area contributed by atoms with Crippen LogP contribution in [0.4, 0.5) is 0 Å². The van der Waals surface area contributed by atoms with Gasteiger partial charge in [-0.2, -0.15) is 4.98 Å². The Morgan fingerprint density at radius 2 is 1.86 bits per heavy atom. The topological polar surface area (TPSA) is 98.1 Å². The highest BCUT2D eigenvalue weighted by atomic mass is 32.2. The van der Waals surface area contributed by atoms with Crippen LogP contribution in [0.25, 0.3) is 11.7 Å². The van der Waals surface area contributed by atoms with E-state index in [1.807, 2.05) is 24.3 Å². The third kappa shape index (κ3) is 5.07. The van der Waals surface area contributed by atoms with Gasteiger partial charge >= 0.3 is 0 Å². The van der Waals surface area contributed by atoms with Crippen LogP contribution in [0, 0.1) is 0 Å². The average Bonchev–Trinajstić information content (AvgIpc) is 3.33. The minimum Gasteiger partial charge on any atom is -0.438 e. The van der Waals surface area contributed by atoms with E-state index in [0.29, 0.717) is 17.8 Å². The number of hydrogen-bond acceptors (Lipinski definition) is 8. The number of pyridine rings is 1. The van der Waals surface area contributed by atoms with Gasteiger partial charge in [0.1, 0.15) is 21.3 Å². The summed E-state index contributed by atoms with van der Waals surface area (Å²) in [6.07, 6.45) is 3.37. The highest BCUT2D eigenvalue weighted by molar-refractivity contribution is 8.26. The van der Waals surface area contributed by atoms with Gasteiger partial charge in [0.2, 0.25) is 5.88 Å². The predicted octanol–water partition coefficient (Wildman–Crippen LogP) is 4.17. The van der Waals surface area contributed by atoms with Crippen LogP contribution in [0.1, 0.15) is 38.3 Å². The number of sulfone groups is 1. The number of carbonyl (C=O) groups is 1. The van der Waals surface area contributed by atoms with Crippen molar-refractivity contribution in [3.8, 4) is 11.6 Å². The summed E-state index contributed by atoms with van der Waals surface area (Å²) >= 11 is 6.45. The number of hydrogen-bond donors (Lipinski definition) is 0. The molecule has 0 bridgehead atoms. The van der Waals surface area contributed by atoms with Crippen molar-refractivity contribution in [1.29, 1.82) is 0 Å². The first-order chi connectivity index (χ1) is 17.4. The number of carbonyl (C=O) groups excluding carboxylic acids is 1. The van der Waals surface area contributed by atoms with Crippen LogP contribution in [0.15, 0.2) is 58.4 Å². The normalized spacial score (nSPS) is 20.8. The van der Waals surface area contributed by atoms with Crippen LogP contribution in [0.2, 0.25) is 0 Å². The molecule has 11 heteroatoms. The fourth-order valence-electron chi connectivity index (χ4n) is 4.32. The van der Waals surface area contributed by atoms with E-state index in [0.717, 1.165) is 17.3 Å². The Morgan fingerprint density at radius 1 is 1.14 bits per heavy atom. The van der Waals surface area contributed by atoms with E-state index in [-0.39, 0.29) is 37.6 Å². The zero-order valence-electron chi connectivity index (χ0n) is 20.5. The second-order valence-electron chi connectivity index (χ2n) is 10.0. The lowest BCUT2D eigenvalue weighted by Crippen LogP contribution is -2.39. The third-order valence-electron chi connectivity index (χ3n) is 6.34. The van der Waals surface area contributed by atoms with Crippen LogP contribution in [0.3, 0.4) is 0 Å². The molecular weight excluding hydrogens is 531 g/mol. The number of thiocarbonyl (C=S) groups is 1. The van der Waals surface area contributed by atoms with Crippen molar-refractivity contribution in [2.75, 3.05) is 11.5 Å². The van der Waals surface area contributed by atoms with Crippen molar-refractivity contribution < 1.29 is 17.9 Å². The Labute approximate surface area is 224 Å². The van der Waals surface area contributed by atoms with E-state index in [4.69, 9.17) is 17.0 Å². The molecule has 1 atom stereocenters. The molecule has 1 unspecified atom stereocenters. The Morgan fingerprint density at radius 3 is 2.51 bits per heavy atom. The molecule has 37 heavy (non-hydrogen) atoms. The maximum atomic E-state index is 13.5. The van der Waals surface area contributed by atoms with Crippen molar-refractivity contribution in [2.24, 2.45) is 0 Å². The summed E-state index contributed by atoms with van der Waals surface area (Å²) in [7, 11) is -3.21. The first-order valence-corrected chi connectivity index (χ1v) is 14.7. The third-order valence-corrected chi connectivity index (χ3v) is 9.42. The Balaban J connectivity index is 1.55. The highest BCUT2D eigenvalue weighted by Crippen LogP contribution is 2.37. The largest absolute Gasteiger partial charge is 0.438 e. The summed E-state index contributed by atoms with van der Waals surface area (Å²) in [6.45, 7) is 6.35. The van der Waals surface area contributed by atoms with Gasteiger partial charge in [0.05, 0.1) is 22.5 Å².